The number of carbonyl (C=O) groups is 1. The smallest absolute Gasteiger partial charge is 0.251 e. The maximum atomic E-state index is 12.8. The molecule has 2 rings (SSSR count). The molecule has 1 amide bonds. The molecule has 27 heavy (non-hydrogen) atoms. The van der Waals surface area contributed by atoms with E-state index in [2.05, 4.69) is 17.1 Å². The molecule has 1 atom stereocenters. The topological polar surface area (TPSA) is 50.8 Å². The third-order valence-electron chi connectivity index (χ3n) is 4.24. The molecule has 5 heteroatoms. The molecule has 5 nitrogen and oxygen atoms in total. The number of methoxy groups -OCH3 is 1. The van der Waals surface area contributed by atoms with Crippen LogP contribution in [0, 0.1) is 0 Å². The summed E-state index contributed by atoms with van der Waals surface area (Å²) in [6, 6.07) is 15.2. The molecule has 2 aromatic rings. The highest BCUT2D eigenvalue weighted by atomic mass is 16.5. The number of unbranched alkanes of at least 4 members (excludes halogenated alkanes) is 1. The number of hydrogen-bond acceptors (Lipinski definition) is 4. The summed E-state index contributed by atoms with van der Waals surface area (Å²) in [6.07, 6.45) is 2.05. The van der Waals surface area contributed by atoms with Crippen LogP contribution in [0.4, 0.5) is 0 Å². The van der Waals surface area contributed by atoms with E-state index in [1.54, 1.807) is 25.3 Å². The van der Waals surface area contributed by atoms with Crippen LogP contribution < -0.4 is 14.8 Å². The Morgan fingerprint density at radius 3 is 2.48 bits per heavy atom. The van der Waals surface area contributed by atoms with Crippen LogP contribution in [0.3, 0.4) is 0 Å². The first-order chi connectivity index (χ1) is 13.0. The molecule has 0 aromatic heterocycles. The van der Waals surface area contributed by atoms with Gasteiger partial charge < -0.3 is 19.7 Å². The van der Waals surface area contributed by atoms with Gasteiger partial charge in [-0.1, -0.05) is 43.7 Å². The van der Waals surface area contributed by atoms with Gasteiger partial charge in [0, 0.05) is 12.1 Å². The number of nitrogens with one attached hydrogen (secondary N) is 1. The van der Waals surface area contributed by atoms with Gasteiger partial charge in [0.1, 0.15) is 0 Å². The van der Waals surface area contributed by atoms with Crippen molar-refractivity contribution in [2.24, 2.45) is 0 Å². The fraction of sp³-hybridized carbons (Fsp3) is 0.409. The molecule has 0 spiro atoms. The molecule has 0 radical (unpaired) electrons. The van der Waals surface area contributed by atoms with Crippen molar-refractivity contribution in [1.29, 1.82) is 0 Å². The Bertz CT molecular complexity index is 717. The van der Waals surface area contributed by atoms with Crippen molar-refractivity contribution in [2.75, 3.05) is 34.4 Å². The first-order valence-corrected chi connectivity index (χ1v) is 9.36. The highest BCUT2D eigenvalue weighted by molar-refractivity contribution is 5.95. The summed E-state index contributed by atoms with van der Waals surface area (Å²) in [5.41, 5.74) is 1.63. The third kappa shape index (κ3) is 6.29. The molecule has 1 N–H and O–H groups in total. The van der Waals surface area contributed by atoms with Crippen molar-refractivity contribution in [3.8, 4) is 11.5 Å². The summed E-state index contributed by atoms with van der Waals surface area (Å²) >= 11 is 0. The van der Waals surface area contributed by atoms with Crippen LogP contribution in [-0.2, 0) is 0 Å². The van der Waals surface area contributed by atoms with E-state index >= 15 is 0 Å². The summed E-state index contributed by atoms with van der Waals surface area (Å²) in [4.78, 5) is 14.9. The molecular weight excluding hydrogens is 340 g/mol. The van der Waals surface area contributed by atoms with E-state index in [0.29, 0.717) is 30.2 Å². The molecule has 0 heterocycles. The van der Waals surface area contributed by atoms with E-state index in [9.17, 15) is 4.79 Å². The third-order valence-corrected chi connectivity index (χ3v) is 4.24. The van der Waals surface area contributed by atoms with Crippen molar-refractivity contribution in [3.63, 3.8) is 0 Å². The zero-order valence-corrected chi connectivity index (χ0v) is 16.7. The standard InChI is InChI=1S/C22H30N2O3/c1-5-6-14-27-20-13-12-18(15-21(20)26-4)22(25)23-19(16-24(2)3)17-10-8-7-9-11-17/h7-13,15,19H,5-6,14,16H2,1-4H3,(H,23,25)/t19-/m0/s1. The lowest BCUT2D eigenvalue weighted by atomic mass is 10.1. The SMILES string of the molecule is CCCCOc1ccc(C(=O)N[C@@H](CN(C)C)c2ccccc2)cc1OC. The van der Waals surface area contributed by atoms with Gasteiger partial charge in [0.2, 0.25) is 0 Å². The summed E-state index contributed by atoms with van der Waals surface area (Å²) in [6.45, 7) is 3.47. The zero-order valence-electron chi connectivity index (χ0n) is 16.7. The quantitative estimate of drug-likeness (QED) is 0.644. The molecule has 146 valence electrons. The number of ether oxygens (including phenoxy) is 2. The predicted octanol–water partition coefficient (Wildman–Crippen LogP) is 3.91. The number of nitrogens with zero attached hydrogens (tertiary/aromatic N) is 1. The van der Waals surface area contributed by atoms with Gasteiger partial charge in [-0.15, -0.1) is 0 Å². The second-order valence-corrected chi connectivity index (χ2v) is 6.77. The second kappa shape index (κ2) is 10.6. The first kappa shape index (κ1) is 20.8. The van der Waals surface area contributed by atoms with E-state index in [1.165, 1.54) is 0 Å². The van der Waals surface area contributed by atoms with Gasteiger partial charge in [0.25, 0.3) is 5.91 Å². The van der Waals surface area contributed by atoms with Gasteiger partial charge in [-0.2, -0.15) is 0 Å². The minimum absolute atomic E-state index is 0.0971. The van der Waals surface area contributed by atoms with Gasteiger partial charge in [-0.3, -0.25) is 4.79 Å². The molecule has 0 saturated carbocycles. The van der Waals surface area contributed by atoms with Crippen LogP contribution >= 0.6 is 0 Å². The number of rotatable bonds is 10. The van der Waals surface area contributed by atoms with Gasteiger partial charge in [-0.25, -0.2) is 0 Å². The van der Waals surface area contributed by atoms with Crippen LogP contribution in [-0.4, -0.2) is 45.2 Å². The predicted molar refractivity (Wildman–Crippen MR) is 109 cm³/mol. The van der Waals surface area contributed by atoms with Gasteiger partial charge in [0.05, 0.1) is 19.8 Å². The summed E-state index contributed by atoms with van der Waals surface area (Å²) < 4.78 is 11.2. The van der Waals surface area contributed by atoms with Crippen LogP contribution in [0.15, 0.2) is 48.5 Å². The van der Waals surface area contributed by atoms with E-state index in [1.807, 2.05) is 44.4 Å². The molecule has 0 fully saturated rings. The summed E-state index contributed by atoms with van der Waals surface area (Å²) in [5, 5.41) is 3.13. The molecule has 0 aliphatic heterocycles. The molecule has 0 saturated heterocycles. The average molecular weight is 370 g/mol. The number of hydrogen-bond donors (Lipinski definition) is 1. The first-order valence-electron chi connectivity index (χ1n) is 9.36. The van der Waals surface area contributed by atoms with E-state index in [-0.39, 0.29) is 11.9 Å². The fourth-order valence-corrected chi connectivity index (χ4v) is 2.78. The molecule has 0 aliphatic carbocycles. The van der Waals surface area contributed by atoms with Gasteiger partial charge >= 0.3 is 0 Å². The Morgan fingerprint density at radius 1 is 1.11 bits per heavy atom. The Kier molecular flexibility index (Phi) is 8.14. The van der Waals surface area contributed by atoms with E-state index < -0.39 is 0 Å². The van der Waals surface area contributed by atoms with Crippen molar-refractivity contribution in [1.82, 2.24) is 10.2 Å². The fourth-order valence-electron chi connectivity index (χ4n) is 2.78. The zero-order chi connectivity index (χ0) is 19.6. The van der Waals surface area contributed by atoms with Crippen molar-refractivity contribution >= 4 is 5.91 Å². The molecule has 0 unspecified atom stereocenters. The van der Waals surface area contributed by atoms with Crippen LogP contribution in [0.5, 0.6) is 11.5 Å². The molecular formula is C22H30N2O3. The lowest BCUT2D eigenvalue weighted by Crippen LogP contribution is -2.35. The monoisotopic (exact) mass is 370 g/mol. The Labute approximate surface area is 162 Å². The van der Waals surface area contributed by atoms with Crippen LogP contribution in [0.25, 0.3) is 0 Å². The van der Waals surface area contributed by atoms with Crippen LogP contribution in [0.1, 0.15) is 41.7 Å². The summed E-state index contributed by atoms with van der Waals surface area (Å²) in [7, 11) is 5.57. The lowest BCUT2D eigenvalue weighted by molar-refractivity contribution is 0.0929. The summed E-state index contributed by atoms with van der Waals surface area (Å²) in [5.74, 6) is 1.10. The van der Waals surface area contributed by atoms with E-state index in [0.717, 1.165) is 18.4 Å². The second-order valence-electron chi connectivity index (χ2n) is 6.77. The Balaban J connectivity index is 2.15. The molecule has 0 bridgehead atoms. The number of likely N-dealkylation sites (N-methyl/N-ethyl adjacent to an activating group) is 1. The Hall–Kier alpha value is -2.53. The minimum Gasteiger partial charge on any atom is -0.493 e. The van der Waals surface area contributed by atoms with Crippen molar-refractivity contribution in [3.05, 3.63) is 59.7 Å². The number of benzene rings is 2. The average Bonchev–Trinajstić information content (AvgIpc) is 2.68. The van der Waals surface area contributed by atoms with E-state index in [4.69, 9.17) is 9.47 Å². The number of amides is 1. The molecule has 0 aliphatic rings. The van der Waals surface area contributed by atoms with Crippen LogP contribution in [0.2, 0.25) is 0 Å². The van der Waals surface area contributed by atoms with Crippen molar-refractivity contribution < 1.29 is 14.3 Å². The number of carbonyl (C=O) groups excluding carboxylic acids is 1. The highest BCUT2D eigenvalue weighted by Crippen LogP contribution is 2.28. The highest BCUT2D eigenvalue weighted by Gasteiger charge is 2.18. The lowest BCUT2D eigenvalue weighted by Gasteiger charge is -2.23. The Morgan fingerprint density at radius 2 is 1.85 bits per heavy atom. The minimum atomic E-state index is -0.135. The maximum Gasteiger partial charge on any atom is 0.251 e. The molecule has 2 aromatic carbocycles. The van der Waals surface area contributed by atoms with Gasteiger partial charge in [-0.05, 0) is 44.3 Å². The van der Waals surface area contributed by atoms with Gasteiger partial charge in [0.15, 0.2) is 11.5 Å². The normalized spacial score (nSPS) is 11.9. The largest absolute Gasteiger partial charge is 0.493 e. The maximum absolute atomic E-state index is 12.8. The van der Waals surface area contributed by atoms with Crippen molar-refractivity contribution in [2.45, 2.75) is 25.8 Å².